The molecule has 8 nitrogen and oxygen atoms in total. The Hall–Kier alpha value is -2.47. The molecule has 0 atom stereocenters. The van der Waals surface area contributed by atoms with Crippen molar-refractivity contribution in [2.24, 2.45) is 0 Å². The highest BCUT2D eigenvalue weighted by Crippen LogP contribution is 2.46. The molecule has 0 spiro atoms. The fourth-order valence-electron chi connectivity index (χ4n) is 3.15. The average molecular weight is 556 g/mol. The number of nitrogens with zero attached hydrogens (tertiary/aromatic N) is 2. The van der Waals surface area contributed by atoms with Crippen LogP contribution < -0.4 is 4.72 Å². The van der Waals surface area contributed by atoms with Gasteiger partial charge in [0.15, 0.2) is 0 Å². The maximum Gasteiger partial charge on any atom is 0.342 e. The molecule has 0 radical (unpaired) electrons. The van der Waals surface area contributed by atoms with Crippen molar-refractivity contribution in [3.63, 3.8) is 0 Å². The average Bonchev–Trinajstić information content (AvgIpc) is 3.36. The standard InChI is InChI=1S/C20H16BrClN4O4S2/c1-3-30-20(27)14-10(2)25-19-15(16(21)18(31-19)11-8-23-24-9-11)17(14)26-32(28,29)13-6-4-5-12(22)7-13/h4-9H,3H2,1-2H3,(H,23,24)(H,25,26). The number of hydrogen-bond acceptors (Lipinski definition) is 7. The Morgan fingerprint density at radius 1 is 1.38 bits per heavy atom. The molecule has 0 aliphatic carbocycles. The van der Waals surface area contributed by atoms with Crippen molar-refractivity contribution in [2.75, 3.05) is 11.3 Å². The number of halogens is 2. The van der Waals surface area contributed by atoms with Gasteiger partial charge in [-0.05, 0) is 48.0 Å². The Balaban J connectivity index is 1.99. The molecule has 166 valence electrons. The van der Waals surface area contributed by atoms with Crippen LogP contribution in [-0.2, 0) is 14.8 Å². The van der Waals surface area contributed by atoms with E-state index in [1.807, 2.05) is 0 Å². The van der Waals surface area contributed by atoms with E-state index in [-0.39, 0.29) is 27.8 Å². The molecular weight excluding hydrogens is 540 g/mol. The second-order valence-corrected chi connectivity index (χ2v) is 10.6. The van der Waals surface area contributed by atoms with Gasteiger partial charge in [0, 0.05) is 21.3 Å². The minimum Gasteiger partial charge on any atom is -0.462 e. The van der Waals surface area contributed by atoms with E-state index in [4.69, 9.17) is 16.3 Å². The van der Waals surface area contributed by atoms with Crippen LogP contribution in [0.5, 0.6) is 0 Å². The van der Waals surface area contributed by atoms with Gasteiger partial charge in [0.1, 0.15) is 10.4 Å². The summed E-state index contributed by atoms with van der Waals surface area (Å²) in [5.74, 6) is -0.675. The number of benzene rings is 1. The van der Waals surface area contributed by atoms with Gasteiger partial charge in [0.2, 0.25) is 0 Å². The number of thiophene rings is 1. The molecule has 4 rings (SSSR count). The fourth-order valence-corrected chi connectivity index (χ4v) is 6.63. The zero-order valence-electron chi connectivity index (χ0n) is 16.8. The van der Waals surface area contributed by atoms with E-state index in [9.17, 15) is 13.2 Å². The van der Waals surface area contributed by atoms with Crippen molar-refractivity contribution < 1.29 is 17.9 Å². The summed E-state index contributed by atoms with van der Waals surface area (Å²) < 4.78 is 34.8. The molecule has 0 aliphatic heterocycles. The van der Waals surface area contributed by atoms with Gasteiger partial charge in [0.25, 0.3) is 10.0 Å². The van der Waals surface area contributed by atoms with E-state index in [1.54, 1.807) is 32.3 Å². The number of aryl methyl sites for hydroxylation is 1. The molecule has 3 heterocycles. The number of anilines is 1. The molecule has 12 heteroatoms. The van der Waals surface area contributed by atoms with Gasteiger partial charge in [0.05, 0.1) is 39.3 Å². The highest BCUT2D eigenvalue weighted by molar-refractivity contribution is 9.10. The van der Waals surface area contributed by atoms with Crippen molar-refractivity contribution >= 4 is 70.8 Å². The van der Waals surface area contributed by atoms with Gasteiger partial charge >= 0.3 is 5.97 Å². The zero-order chi connectivity index (χ0) is 23.0. The third kappa shape index (κ3) is 4.13. The van der Waals surface area contributed by atoms with Crippen LogP contribution in [0.1, 0.15) is 23.0 Å². The molecule has 0 saturated heterocycles. The lowest BCUT2D eigenvalue weighted by atomic mass is 10.1. The van der Waals surface area contributed by atoms with Gasteiger partial charge in [-0.25, -0.2) is 18.2 Å². The van der Waals surface area contributed by atoms with Gasteiger partial charge in [-0.3, -0.25) is 9.82 Å². The minimum atomic E-state index is -4.08. The van der Waals surface area contributed by atoms with E-state index in [2.05, 4.69) is 35.8 Å². The Morgan fingerprint density at radius 2 is 2.16 bits per heavy atom. The third-order valence-corrected chi connectivity index (χ3v) is 8.32. The smallest absolute Gasteiger partial charge is 0.342 e. The first-order valence-electron chi connectivity index (χ1n) is 9.30. The van der Waals surface area contributed by atoms with Crippen molar-refractivity contribution in [3.8, 4) is 10.4 Å². The Morgan fingerprint density at radius 3 is 2.81 bits per heavy atom. The third-order valence-electron chi connectivity index (χ3n) is 4.55. The fraction of sp³-hybridized carbons (Fsp3) is 0.150. The number of rotatable bonds is 6. The summed E-state index contributed by atoms with van der Waals surface area (Å²) in [6, 6.07) is 5.86. The normalized spacial score (nSPS) is 11.6. The first-order valence-corrected chi connectivity index (χ1v) is 12.8. The number of sulfonamides is 1. The van der Waals surface area contributed by atoms with E-state index in [1.165, 1.54) is 29.5 Å². The minimum absolute atomic E-state index is 0.0381. The second-order valence-electron chi connectivity index (χ2n) is 6.64. The quantitative estimate of drug-likeness (QED) is 0.308. The predicted octanol–water partition coefficient (Wildman–Crippen LogP) is 5.39. The molecular formula is C20H16BrClN4O4S2. The number of hydrogen-bond donors (Lipinski definition) is 2. The number of carbonyl (C=O) groups excluding carboxylic acids is 1. The number of aromatic amines is 1. The van der Waals surface area contributed by atoms with Gasteiger partial charge < -0.3 is 4.74 Å². The molecule has 3 aromatic heterocycles. The highest BCUT2D eigenvalue weighted by Gasteiger charge is 2.28. The molecule has 4 aromatic rings. The summed E-state index contributed by atoms with van der Waals surface area (Å²) in [6.45, 7) is 3.43. The molecule has 0 saturated carbocycles. The van der Waals surface area contributed by atoms with Crippen molar-refractivity contribution in [1.29, 1.82) is 0 Å². The van der Waals surface area contributed by atoms with E-state index < -0.39 is 16.0 Å². The van der Waals surface area contributed by atoms with E-state index in [0.717, 1.165) is 10.4 Å². The van der Waals surface area contributed by atoms with Crippen molar-refractivity contribution in [1.82, 2.24) is 15.2 Å². The number of aromatic nitrogens is 3. The topological polar surface area (TPSA) is 114 Å². The summed E-state index contributed by atoms with van der Waals surface area (Å²) in [5, 5.41) is 7.45. The summed E-state index contributed by atoms with van der Waals surface area (Å²) in [4.78, 5) is 18.6. The van der Waals surface area contributed by atoms with Crippen molar-refractivity contribution in [3.05, 3.63) is 57.4 Å². The largest absolute Gasteiger partial charge is 0.462 e. The first kappa shape index (κ1) is 22.7. The number of ether oxygens (including phenoxy) is 1. The van der Waals surface area contributed by atoms with Crippen LogP contribution in [0.4, 0.5) is 5.69 Å². The molecule has 32 heavy (non-hydrogen) atoms. The Kier molecular flexibility index (Phi) is 6.26. The molecule has 2 N–H and O–H groups in total. The summed E-state index contributed by atoms with van der Waals surface area (Å²) in [6.07, 6.45) is 3.36. The molecule has 0 amide bonds. The first-order chi connectivity index (χ1) is 15.2. The van der Waals surface area contributed by atoms with Crippen LogP contribution in [0.2, 0.25) is 5.02 Å². The SMILES string of the molecule is CCOC(=O)c1c(C)nc2sc(-c3cn[nH]c3)c(Br)c2c1NS(=O)(=O)c1cccc(Cl)c1. The molecule has 0 unspecified atom stereocenters. The van der Waals surface area contributed by atoms with Gasteiger partial charge in [-0.1, -0.05) is 17.7 Å². The maximum absolute atomic E-state index is 13.2. The van der Waals surface area contributed by atoms with Gasteiger partial charge in [-0.2, -0.15) is 5.10 Å². The van der Waals surface area contributed by atoms with Crippen LogP contribution >= 0.6 is 38.9 Å². The monoisotopic (exact) mass is 554 g/mol. The number of carbonyl (C=O) groups is 1. The highest BCUT2D eigenvalue weighted by atomic mass is 79.9. The maximum atomic E-state index is 13.2. The van der Waals surface area contributed by atoms with E-state index in [0.29, 0.717) is 20.4 Å². The lowest BCUT2D eigenvalue weighted by Gasteiger charge is -2.15. The van der Waals surface area contributed by atoms with Crippen LogP contribution in [-0.4, -0.2) is 36.2 Å². The van der Waals surface area contributed by atoms with Gasteiger partial charge in [-0.15, -0.1) is 11.3 Å². The van der Waals surface area contributed by atoms with Crippen LogP contribution in [0.25, 0.3) is 20.7 Å². The Labute approximate surface area is 201 Å². The summed E-state index contributed by atoms with van der Waals surface area (Å²) >= 11 is 10.9. The molecule has 1 aromatic carbocycles. The van der Waals surface area contributed by atoms with E-state index >= 15 is 0 Å². The molecule has 0 fully saturated rings. The predicted molar refractivity (Wildman–Crippen MR) is 128 cm³/mol. The number of nitrogens with one attached hydrogen (secondary N) is 2. The number of fused-ring (bicyclic) bond motifs is 1. The zero-order valence-corrected chi connectivity index (χ0v) is 20.7. The second kappa shape index (κ2) is 8.81. The van der Waals surface area contributed by atoms with Crippen LogP contribution in [0, 0.1) is 6.92 Å². The van der Waals surface area contributed by atoms with Crippen LogP contribution in [0.15, 0.2) is 46.0 Å². The number of pyridine rings is 1. The lowest BCUT2D eigenvalue weighted by Crippen LogP contribution is -2.18. The molecule has 0 bridgehead atoms. The van der Waals surface area contributed by atoms with Crippen LogP contribution in [0.3, 0.4) is 0 Å². The van der Waals surface area contributed by atoms with Crippen molar-refractivity contribution in [2.45, 2.75) is 18.7 Å². The summed E-state index contributed by atoms with van der Waals surface area (Å²) in [5.41, 5.74) is 1.26. The summed E-state index contributed by atoms with van der Waals surface area (Å²) in [7, 11) is -4.08. The Bertz CT molecular complexity index is 1440. The number of H-pyrrole nitrogens is 1. The lowest BCUT2D eigenvalue weighted by molar-refractivity contribution is 0.0526. The molecule has 0 aliphatic rings. The number of esters is 1.